The summed E-state index contributed by atoms with van der Waals surface area (Å²) in [5.74, 6) is -1.22. The van der Waals surface area contributed by atoms with Crippen LogP contribution in [0.15, 0.2) is 42.9 Å². The molecule has 0 saturated heterocycles. The first-order valence-corrected chi connectivity index (χ1v) is 9.50. The predicted molar refractivity (Wildman–Crippen MR) is 105 cm³/mol. The molecule has 0 spiro atoms. The molecule has 0 aliphatic heterocycles. The first-order chi connectivity index (χ1) is 14.1. The van der Waals surface area contributed by atoms with Gasteiger partial charge in [0, 0.05) is 23.2 Å². The van der Waals surface area contributed by atoms with Crippen LogP contribution < -0.4 is 11.1 Å². The number of anilines is 2. The van der Waals surface area contributed by atoms with E-state index in [0.717, 1.165) is 23.3 Å². The lowest BCUT2D eigenvalue weighted by Gasteiger charge is -2.08. The Bertz CT molecular complexity index is 1070. The van der Waals surface area contributed by atoms with Gasteiger partial charge in [-0.1, -0.05) is 6.92 Å². The monoisotopic (exact) mass is 435 g/mol. The van der Waals surface area contributed by atoms with E-state index in [1.54, 1.807) is 6.20 Å². The van der Waals surface area contributed by atoms with Gasteiger partial charge < -0.3 is 11.1 Å². The Morgan fingerprint density at radius 2 is 1.80 bits per heavy atom. The van der Waals surface area contributed by atoms with E-state index in [4.69, 9.17) is 5.73 Å². The Balaban J connectivity index is 1.64. The number of nitrogens with zero attached hydrogens (tertiary/aromatic N) is 3. The number of nitrogens with one attached hydrogen (secondary N) is 1. The van der Waals surface area contributed by atoms with Crippen molar-refractivity contribution in [2.75, 3.05) is 5.32 Å². The number of nitrogens with two attached hydrogens (primary N) is 1. The molecule has 3 N–H and O–H groups in total. The Kier molecular flexibility index (Phi) is 6.11. The van der Waals surface area contributed by atoms with E-state index >= 15 is 0 Å². The van der Waals surface area contributed by atoms with Crippen molar-refractivity contribution >= 4 is 33.8 Å². The van der Waals surface area contributed by atoms with Gasteiger partial charge in [-0.3, -0.25) is 9.59 Å². The lowest BCUT2D eigenvalue weighted by atomic mass is 10.0. The van der Waals surface area contributed by atoms with E-state index in [1.165, 1.54) is 29.5 Å². The van der Waals surface area contributed by atoms with Crippen LogP contribution >= 0.6 is 11.3 Å². The van der Waals surface area contributed by atoms with E-state index in [0.29, 0.717) is 10.8 Å². The van der Waals surface area contributed by atoms with Gasteiger partial charge in [-0.2, -0.15) is 13.2 Å². The van der Waals surface area contributed by atoms with Crippen molar-refractivity contribution in [2.24, 2.45) is 5.73 Å². The van der Waals surface area contributed by atoms with Crippen molar-refractivity contribution in [3.63, 3.8) is 0 Å². The molecule has 0 aliphatic carbocycles. The number of amides is 1. The van der Waals surface area contributed by atoms with E-state index in [9.17, 15) is 22.8 Å². The number of halogens is 3. The highest BCUT2D eigenvalue weighted by Gasteiger charge is 2.30. The maximum atomic E-state index is 12.6. The summed E-state index contributed by atoms with van der Waals surface area (Å²) in [6.45, 7) is 1.84. The number of aromatic nitrogens is 3. The van der Waals surface area contributed by atoms with Crippen LogP contribution in [0.25, 0.3) is 0 Å². The van der Waals surface area contributed by atoms with E-state index in [-0.39, 0.29) is 29.5 Å². The van der Waals surface area contributed by atoms with Crippen LogP contribution in [0.4, 0.5) is 24.0 Å². The Labute approximate surface area is 173 Å². The van der Waals surface area contributed by atoms with Gasteiger partial charge in [-0.25, -0.2) is 15.0 Å². The van der Waals surface area contributed by atoms with Gasteiger partial charge >= 0.3 is 6.18 Å². The number of alkyl halides is 3. The standard InChI is InChI=1S/C19H16F3N5O2S/c1-10(6-15(28)13-7-14(17(23)29)26-9-25-13)16-8-24-18(30-16)27-12-4-2-11(3-5-12)19(20,21)22/h2-5,7-10H,6H2,1H3,(H2,23,29)(H,24,27). The zero-order valence-corrected chi connectivity index (χ0v) is 16.4. The highest BCUT2D eigenvalue weighted by atomic mass is 32.1. The molecule has 3 rings (SSSR count). The van der Waals surface area contributed by atoms with Crippen LogP contribution in [0.3, 0.4) is 0 Å². The zero-order chi connectivity index (χ0) is 21.9. The van der Waals surface area contributed by atoms with Gasteiger partial charge in [0.1, 0.15) is 17.7 Å². The number of Topliss-reactive ketones (excluding diaryl/α,β-unsaturated/α-hetero) is 1. The molecular formula is C19H16F3N5O2S. The van der Waals surface area contributed by atoms with Crippen molar-refractivity contribution in [3.05, 3.63) is 64.7 Å². The molecule has 0 radical (unpaired) electrons. The number of hydrogen-bond donors (Lipinski definition) is 2. The first kappa shape index (κ1) is 21.4. The third-order valence-corrected chi connectivity index (χ3v) is 5.31. The minimum Gasteiger partial charge on any atom is -0.364 e. The second kappa shape index (κ2) is 8.57. The number of rotatable bonds is 7. The van der Waals surface area contributed by atoms with Crippen LogP contribution in [-0.4, -0.2) is 26.6 Å². The summed E-state index contributed by atoms with van der Waals surface area (Å²) in [5.41, 5.74) is 4.95. The number of carbonyl (C=O) groups excluding carboxylic acids is 2. The predicted octanol–water partition coefficient (Wildman–Crippen LogP) is 4.17. The zero-order valence-electron chi connectivity index (χ0n) is 15.6. The molecule has 11 heteroatoms. The van der Waals surface area contributed by atoms with Gasteiger partial charge in [-0.15, -0.1) is 11.3 Å². The molecule has 0 saturated carbocycles. The van der Waals surface area contributed by atoms with Crippen molar-refractivity contribution in [1.82, 2.24) is 15.0 Å². The van der Waals surface area contributed by atoms with Gasteiger partial charge in [0.2, 0.25) is 0 Å². The Hall–Kier alpha value is -3.34. The molecule has 2 aromatic heterocycles. The third-order valence-electron chi connectivity index (χ3n) is 4.17. The van der Waals surface area contributed by atoms with Crippen molar-refractivity contribution in [2.45, 2.75) is 25.4 Å². The first-order valence-electron chi connectivity index (χ1n) is 8.68. The summed E-state index contributed by atoms with van der Waals surface area (Å²) < 4.78 is 37.9. The molecule has 1 amide bonds. The van der Waals surface area contributed by atoms with Crippen LogP contribution in [0.1, 0.15) is 50.7 Å². The van der Waals surface area contributed by atoms with Crippen molar-refractivity contribution in [1.29, 1.82) is 0 Å². The molecule has 3 aromatic rings. The van der Waals surface area contributed by atoms with Gasteiger partial charge in [-0.05, 0) is 36.2 Å². The Morgan fingerprint density at radius 1 is 1.13 bits per heavy atom. The maximum absolute atomic E-state index is 12.6. The molecule has 1 unspecified atom stereocenters. The molecule has 0 aliphatic rings. The number of hydrogen-bond acceptors (Lipinski definition) is 7. The summed E-state index contributed by atoms with van der Waals surface area (Å²) in [7, 11) is 0. The van der Waals surface area contributed by atoms with Crippen molar-refractivity contribution in [3.8, 4) is 0 Å². The topological polar surface area (TPSA) is 111 Å². The van der Waals surface area contributed by atoms with Crippen molar-refractivity contribution < 1.29 is 22.8 Å². The number of primary amides is 1. The number of thiazole rings is 1. The average molecular weight is 435 g/mol. The quantitative estimate of drug-likeness (QED) is 0.539. The van der Waals surface area contributed by atoms with Gasteiger partial charge in [0.05, 0.1) is 5.56 Å². The number of carbonyl (C=O) groups is 2. The van der Waals surface area contributed by atoms with Gasteiger partial charge in [0.15, 0.2) is 10.9 Å². The molecule has 1 aromatic carbocycles. The summed E-state index contributed by atoms with van der Waals surface area (Å²) in [6.07, 6.45) is -1.56. The summed E-state index contributed by atoms with van der Waals surface area (Å²) in [5, 5.41) is 3.43. The Morgan fingerprint density at radius 3 is 2.43 bits per heavy atom. The van der Waals surface area contributed by atoms with Crippen LogP contribution in [0.5, 0.6) is 0 Å². The minimum absolute atomic E-state index is 0.0400. The summed E-state index contributed by atoms with van der Waals surface area (Å²) >= 11 is 1.29. The van der Waals surface area contributed by atoms with E-state index in [2.05, 4.69) is 20.3 Å². The highest BCUT2D eigenvalue weighted by molar-refractivity contribution is 7.15. The molecule has 30 heavy (non-hydrogen) atoms. The minimum atomic E-state index is -4.39. The molecule has 2 heterocycles. The fourth-order valence-electron chi connectivity index (χ4n) is 2.57. The lowest BCUT2D eigenvalue weighted by molar-refractivity contribution is -0.137. The summed E-state index contributed by atoms with van der Waals surface area (Å²) in [6, 6.07) is 5.87. The highest BCUT2D eigenvalue weighted by Crippen LogP contribution is 2.32. The largest absolute Gasteiger partial charge is 0.416 e. The molecule has 1 atom stereocenters. The normalized spacial score (nSPS) is 12.4. The lowest BCUT2D eigenvalue weighted by Crippen LogP contribution is -2.15. The maximum Gasteiger partial charge on any atom is 0.416 e. The second-order valence-corrected chi connectivity index (χ2v) is 7.51. The molecule has 7 nitrogen and oxygen atoms in total. The fraction of sp³-hybridized carbons (Fsp3) is 0.211. The third kappa shape index (κ3) is 5.17. The average Bonchev–Trinajstić information content (AvgIpc) is 3.16. The van der Waals surface area contributed by atoms with E-state index in [1.807, 2.05) is 6.92 Å². The molecular weight excluding hydrogens is 419 g/mol. The van der Waals surface area contributed by atoms with Gasteiger partial charge in [0.25, 0.3) is 5.91 Å². The number of benzene rings is 1. The van der Waals surface area contributed by atoms with E-state index < -0.39 is 17.6 Å². The van der Waals surface area contributed by atoms with Crippen LogP contribution in [-0.2, 0) is 6.18 Å². The molecule has 0 bridgehead atoms. The molecule has 0 fully saturated rings. The summed E-state index contributed by atoms with van der Waals surface area (Å²) in [4.78, 5) is 36.2. The smallest absolute Gasteiger partial charge is 0.364 e. The second-order valence-electron chi connectivity index (χ2n) is 6.45. The van der Waals surface area contributed by atoms with Crippen LogP contribution in [0.2, 0.25) is 0 Å². The van der Waals surface area contributed by atoms with Crippen LogP contribution in [0, 0.1) is 0 Å². The molecule has 156 valence electrons. The number of ketones is 1. The SMILES string of the molecule is CC(CC(=O)c1cc(C(N)=O)ncn1)c1cnc(Nc2ccc(C(F)(F)F)cc2)s1. The fourth-order valence-corrected chi connectivity index (χ4v) is 3.45.